The van der Waals surface area contributed by atoms with Crippen LogP contribution in [0.25, 0.3) is 10.9 Å². The highest BCUT2D eigenvalue weighted by Crippen LogP contribution is 2.21. The molecule has 1 aromatic carbocycles. The molecule has 0 spiro atoms. The highest BCUT2D eigenvalue weighted by molar-refractivity contribution is 6.67. The van der Waals surface area contributed by atoms with Crippen molar-refractivity contribution in [3.8, 4) is 0 Å². The zero-order valence-electron chi connectivity index (χ0n) is 9.14. The molecule has 1 aromatic heterocycles. The predicted molar refractivity (Wildman–Crippen MR) is 64.5 cm³/mol. The number of carbonyl (C=O) groups excluding carboxylic acids is 2. The smallest absolute Gasteiger partial charge is 0.419 e. The number of fused-ring (bicyclic) bond motifs is 1. The number of carbonyl (C=O) groups is 2. The van der Waals surface area contributed by atoms with Crippen LogP contribution in [0.3, 0.4) is 0 Å². The van der Waals surface area contributed by atoms with Crippen molar-refractivity contribution in [2.45, 2.75) is 6.92 Å². The molecule has 2 rings (SSSR count). The summed E-state index contributed by atoms with van der Waals surface area (Å²) in [7, 11) is 0. The van der Waals surface area contributed by atoms with Crippen LogP contribution in [0, 0.1) is 0 Å². The van der Waals surface area contributed by atoms with Crippen LogP contribution in [0.1, 0.15) is 17.4 Å². The molecule has 5 heteroatoms. The number of benzene rings is 1. The quantitative estimate of drug-likeness (QED) is 0.771. The van der Waals surface area contributed by atoms with E-state index < -0.39 is 11.3 Å². The number of para-hydroxylation sites is 1. The Bertz CT molecular complexity index is 588. The molecule has 17 heavy (non-hydrogen) atoms. The average Bonchev–Trinajstić information content (AvgIpc) is 2.68. The summed E-state index contributed by atoms with van der Waals surface area (Å²) in [6.07, 6.45) is -0.599. The lowest BCUT2D eigenvalue weighted by Crippen LogP contribution is -2.17. The summed E-state index contributed by atoms with van der Waals surface area (Å²) < 4.78 is 6.09. The molecule has 0 aliphatic rings. The molecule has 0 saturated heterocycles. The van der Waals surface area contributed by atoms with E-state index in [0.29, 0.717) is 5.52 Å². The summed E-state index contributed by atoms with van der Waals surface area (Å²) in [6, 6.07) is 8.70. The minimum Gasteiger partial charge on any atom is -0.449 e. The predicted octanol–water partition coefficient (Wildman–Crippen LogP) is 3.02. The molecule has 0 unspecified atom stereocenters. The fraction of sp³-hybridized carbons (Fsp3) is 0.167. The molecule has 0 fully saturated rings. The number of rotatable bonds is 2. The van der Waals surface area contributed by atoms with E-state index in [0.717, 1.165) is 5.39 Å². The maximum atomic E-state index is 11.8. The Balaban J connectivity index is 2.68. The van der Waals surface area contributed by atoms with Gasteiger partial charge in [-0.05, 0) is 30.7 Å². The normalized spacial score (nSPS) is 10.5. The summed E-state index contributed by atoms with van der Waals surface area (Å²) in [4.78, 5) is 23.1. The summed E-state index contributed by atoms with van der Waals surface area (Å²) in [5.74, 6) is 0. The lowest BCUT2D eigenvalue weighted by molar-refractivity contribution is 0.106. The second-order valence-electron chi connectivity index (χ2n) is 3.40. The van der Waals surface area contributed by atoms with Crippen molar-refractivity contribution in [2.24, 2.45) is 0 Å². The minimum absolute atomic E-state index is 0.117. The average molecular weight is 252 g/mol. The first kappa shape index (κ1) is 11.7. The highest BCUT2D eigenvalue weighted by atomic mass is 35.5. The number of nitrogens with zero attached hydrogens (tertiary/aromatic N) is 1. The third-order valence-electron chi connectivity index (χ3n) is 2.36. The van der Waals surface area contributed by atoms with Crippen LogP contribution in [0.15, 0.2) is 30.3 Å². The van der Waals surface area contributed by atoms with Crippen LogP contribution >= 0.6 is 11.6 Å². The zero-order chi connectivity index (χ0) is 12.4. The third-order valence-corrected chi connectivity index (χ3v) is 2.56. The van der Waals surface area contributed by atoms with Gasteiger partial charge in [-0.2, -0.15) is 0 Å². The highest BCUT2D eigenvalue weighted by Gasteiger charge is 2.19. The molecule has 0 amide bonds. The Hall–Kier alpha value is -1.81. The Morgan fingerprint density at radius 1 is 1.35 bits per heavy atom. The first-order valence-corrected chi connectivity index (χ1v) is 5.50. The van der Waals surface area contributed by atoms with Gasteiger partial charge >= 0.3 is 6.09 Å². The number of hydrogen-bond acceptors (Lipinski definition) is 3. The number of hydrogen-bond donors (Lipinski definition) is 0. The van der Waals surface area contributed by atoms with Crippen molar-refractivity contribution < 1.29 is 14.3 Å². The molecule has 0 bridgehead atoms. The SMILES string of the molecule is CCOC(=O)n1c(C(=O)Cl)cc2ccccc21. The van der Waals surface area contributed by atoms with Gasteiger partial charge in [0.1, 0.15) is 5.69 Å². The van der Waals surface area contributed by atoms with Gasteiger partial charge in [0.2, 0.25) is 0 Å². The second kappa shape index (κ2) is 4.59. The van der Waals surface area contributed by atoms with E-state index in [4.69, 9.17) is 16.3 Å². The van der Waals surface area contributed by atoms with Crippen LogP contribution < -0.4 is 0 Å². The number of halogens is 1. The molecule has 0 radical (unpaired) electrons. The Morgan fingerprint density at radius 3 is 2.71 bits per heavy atom. The van der Waals surface area contributed by atoms with Crippen LogP contribution in [0.5, 0.6) is 0 Å². The first-order valence-electron chi connectivity index (χ1n) is 5.12. The number of aromatic nitrogens is 1. The Morgan fingerprint density at radius 2 is 2.06 bits per heavy atom. The van der Waals surface area contributed by atoms with E-state index in [2.05, 4.69) is 0 Å². The lowest BCUT2D eigenvalue weighted by Gasteiger charge is -2.06. The number of ether oxygens (including phenoxy) is 1. The van der Waals surface area contributed by atoms with Gasteiger partial charge in [-0.15, -0.1) is 0 Å². The lowest BCUT2D eigenvalue weighted by atomic mass is 10.2. The van der Waals surface area contributed by atoms with Gasteiger partial charge in [0.25, 0.3) is 5.24 Å². The van der Waals surface area contributed by atoms with Gasteiger partial charge in [-0.25, -0.2) is 9.36 Å². The van der Waals surface area contributed by atoms with Crippen molar-refractivity contribution in [3.05, 3.63) is 36.0 Å². The summed E-state index contributed by atoms with van der Waals surface area (Å²) in [6.45, 7) is 1.94. The monoisotopic (exact) mass is 251 g/mol. The van der Waals surface area contributed by atoms with Gasteiger partial charge in [0, 0.05) is 5.39 Å². The molecule has 88 valence electrons. The van der Waals surface area contributed by atoms with Gasteiger partial charge in [-0.3, -0.25) is 4.79 Å². The van der Waals surface area contributed by atoms with E-state index in [1.807, 2.05) is 6.07 Å². The largest absolute Gasteiger partial charge is 0.449 e. The van der Waals surface area contributed by atoms with Gasteiger partial charge < -0.3 is 4.74 Å². The summed E-state index contributed by atoms with van der Waals surface area (Å²) in [5, 5.41) is 0.0822. The van der Waals surface area contributed by atoms with Crippen molar-refractivity contribution in [3.63, 3.8) is 0 Å². The molecule has 4 nitrogen and oxygen atoms in total. The Kier molecular flexibility index (Phi) is 3.15. The molecular weight excluding hydrogens is 242 g/mol. The fourth-order valence-electron chi connectivity index (χ4n) is 1.68. The first-order chi connectivity index (χ1) is 8.15. The van der Waals surface area contributed by atoms with Crippen molar-refractivity contribution in [1.82, 2.24) is 4.57 Å². The molecule has 2 aromatic rings. The van der Waals surface area contributed by atoms with Gasteiger partial charge in [0.15, 0.2) is 0 Å². The molecule has 0 atom stereocenters. The molecule has 0 saturated carbocycles. The minimum atomic E-state index is -0.686. The maximum absolute atomic E-state index is 11.8. The van der Waals surface area contributed by atoms with E-state index in [-0.39, 0.29) is 12.3 Å². The standard InChI is InChI=1S/C12H10ClNO3/c1-2-17-12(16)14-9-6-4-3-5-8(9)7-10(14)11(13)15/h3-7H,2H2,1H3. The third kappa shape index (κ3) is 2.03. The molecule has 0 N–H and O–H groups in total. The van der Waals surface area contributed by atoms with E-state index in [1.165, 1.54) is 4.57 Å². The molecule has 1 heterocycles. The van der Waals surface area contributed by atoms with E-state index >= 15 is 0 Å². The summed E-state index contributed by atoms with van der Waals surface area (Å²) in [5.41, 5.74) is 0.723. The van der Waals surface area contributed by atoms with E-state index in [1.54, 1.807) is 31.2 Å². The van der Waals surface area contributed by atoms with Crippen molar-refractivity contribution in [1.29, 1.82) is 0 Å². The van der Waals surface area contributed by atoms with Gasteiger partial charge in [0.05, 0.1) is 12.1 Å². The van der Waals surface area contributed by atoms with Crippen LogP contribution in [-0.4, -0.2) is 22.5 Å². The van der Waals surface area contributed by atoms with Crippen LogP contribution in [0.4, 0.5) is 4.79 Å². The summed E-state index contributed by atoms with van der Waals surface area (Å²) >= 11 is 5.46. The topological polar surface area (TPSA) is 48.3 Å². The second-order valence-corrected chi connectivity index (χ2v) is 3.74. The van der Waals surface area contributed by atoms with E-state index in [9.17, 15) is 9.59 Å². The molecule has 0 aliphatic heterocycles. The molecular formula is C12H10ClNO3. The fourth-order valence-corrected chi connectivity index (χ4v) is 1.82. The maximum Gasteiger partial charge on any atom is 0.419 e. The van der Waals surface area contributed by atoms with Crippen molar-refractivity contribution >= 4 is 33.8 Å². The van der Waals surface area contributed by atoms with Crippen LogP contribution in [0.2, 0.25) is 0 Å². The molecule has 0 aliphatic carbocycles. The van der Waals surface area contributed by atoms with Crippen molar-refractivity contribution in [2.75, 3.05) is 6.61 Å². The Labute approximate surface area is 103 Å². The van der Waals surface area contributed by atoms with Gasteiger partial charge in [-0.1, -0.05) is 18.2 Å². The zero-order valence-corrected chi connectivity index (χ0v) is 9.90. The van der Waals surface area contributed by atoms with Crippen LogP contribution in [-0.2, 0) is 4.74 Å².